The van der Waals surface area contributed by atoms with Crippen molar-refractivity contribution in [2.24, 2.45) is 0 Å². The van der Waals surface area contributed by atoms with Crippen LogP contribution in [0.2, 0.25) is 0 Å². The Bertz CT molecular complexity index is 1300. The Balaban J connectivity index is 0.00000304. The van der Waals surface area contributed by atoms with Gasteiger partial charge in [-0.2, -0.15) is 5.26 Å². The van der Waals surface area contributed by atoms with Gasteiger partial charge in [-0.25, -0.2) is 0 Å². The van der Waals surface area contributed by atoms with Crippen LogP contribution in [0.4, 0.5) is 0 Å². The van der Waals surface area contributed by atoms with E-state index in [4.69, 9.17) is 9.47 Å². The summed E-state index contributed by atoms with van der Waals surface area (Å²) in [6, 6.07) is 22.0. The molecule has 1 unspecified atom stereocenters. The van der Waals surface area contributed by atoms with Crippen LogP contribution >= 0.6 is 12.4 Å². The summed E-state index contributed by atoms with van der Waals surface area (Å²) in [5.41, 5.74) is 6.37. The minimum absolute atomic E-state index is 0. The van der Waals surface area contributed by atoms with Crippen LogP contribution in [0.1, 0.15) is 33.4 Å². The van der Waals surface area contributed by atoms with Gasteiger partial charge in [-0.05, 0) is 58.9 Å². The first kappa shape index (κ1) is 25.6. The second-order valence-corrected chi connectivity index (χ2v) is 9.15. The summed E-state index contributed by atoms with van der Waals surface area (Å²) in [6.07, 6.45) is 1.45. The molecule has 0 bridgehead atoms. The molecule has 3 aromatic rings. The molecule has 2 aliphatic heterocycles. The van der Waals surface area contributed by atoms with Crippen LogP contribution in [0.25, 0.3) is 0 Å². The molecule has 0 saturated heterocycles. The molecule has 7 heteroatoms. The van der Waals surface area contributed by atoms with Crippen LogP contribution in [0.15, 0.2) is 60.7 Å². The number of hydrogen-bond donors (Lipinski definition) is 0. The van der Waals surface area contributed by atoms with Crippen LogP contribution < -0.4 is 9.47 Å². The number of nitriles is 1. The number of carbonyl (C=O) groups is 1. The molecule has 2 heterocycles. The van der Waals surface area contributed by atoms with Gasteiger partial charge in [-0.3, -0.25) is 9.69 Å². The Morgan fingerprint density at radius 2 is 1.61 bits per heavy atom. The van der Waals surface area contributed by atoms with Crippen molar-refractivity contribution < 1.29 is 14.3 Å². The molecule has 2 aliphatic rings. The van der Waals surface area contributed by atoms with Gasteiger partial charge >= 0.3 is 0 Å². The first-order chi connectivity index (χ1) is 17.1. The van der Waals surface area contributed by atoms with E-state index in [1.807, 2.05) is 53.4 Å². The monoisotopic (exact) mass is 503 g/mol. The van der Waals surface area contributed by atoms with Gasteiger partial charge < -0.3 is 14.4 Å². The number of rotatable bonds is 5. The summed E-state index contributed by atoms with van der Waals surface area (Å²) in [7, 11) is 3.27. The van der Waals surface area contributed by atoms with E-state index in [0.717, 1.165) is 23.3 Å². The highest BCUT2D eigenvalue weighted by molar-refractivity contribution is 5.85. The van der Waals surface area contributed by atoms with Crippen LogP contribution in [0, 0.1) is 11.3 Å². The Morgan fingerprint density at radius 3 is 2.33 bits per heavy atom. The minimum Gasteiger partial charge on any atom is -0.493 e. The fourth-order valence-corrected chi connectivity index (χ4v) is 5.25. The van der Waals surface area contributed by atoms with Gasteiger partial charge in [0.15, 0.2) is 11.5 Å². The van der Waals surface area contributed by atoms with Gasteiger partial charge in [-0.15, -0.1) is 12.4 Å². The average molecular weight is 504 g/mol. The topological polar surface area (TPSA) is 65.8 Å². The predicted molar refractivity (Wildman–Crippen MR) is 140 cm³/mol. The molecule has 6 nitrogen and oxygen atoms in total. The summed E-state index contributed by atoms with van der Waals surface area (Å²) >= 11 is 0. The molecule has 3 aromatic carbocycles. The normalized spacial score (nSPS) is 16.7. The highest BCUT2D eigenvalue weighted by Crippen LogP contribution is 2.34. The van der Waals surface area contributed by atoms with E-state index < -0.39 is 0 Å². The molecule has 1 atom stereocenters. The maximum absolute atomic E-state index is 14.0. The summed E-state index contributed by atoms with van der Waals surface area (Å²) < 4.78 is 11.0. The average Bonchev–Trinajstić information content (AvgIpc) is 2.91. The standard InChI is InChI=1S/C29H29N3O3.ClH/c1-34-27-14-21-11-12-31(19-25(21)15-28(27)35-2)29(33)26-13-20-7-3-5-9-23(20)17-32(26)18-24-10-6-4-8-22(24)16-30;/h3-10,14-15,26H,11-13,17-19H2,1-2H3;1H. The zero-order chi connectivity index (χ0) is 24.4. The van der Waals surface area contributed by atoms with Crippen LogP contribution in [-0.4, -0.2) is 42.5 Å². The first-order valence-corrected chi connectivity index (χ1v) is 11.9. The summed E-state index contributed by atoms with van der Waals surface area (Å²) in [4.78, 5) is 18.2. The number of fused-ring (bicyclic) bond motifs is 2. The molecule has 0 aromatic heterocycles. The summed E-state index contributed by atoms with van der Waals surface area (Å²) in [5, 5.41) is 9.59. The summed E-state index contributed by atoms with van der Waals surface area (Å²) in [6.45, 7) is 2.46. The second kappa shape index (κ2) is 11.0. The molecule has 0 saturated carbocycles. The van der Waals surface area contributed by atoms with E-state index in [-0.39, 0.29) is 24.4 Å². The van der Waals surface area contributed by atoms with Gasteiger partial charge in [0, 0.05) is 26.2 Å². The fraction of sp³-hybridized carbons (Fsp3) is 0.310. The first-order valence-electron chi connectivity index (χ1n) is 11.9. The SMILES string of the molecule is COc1cc2c(cc1OC)CN(C(=O)C1Cc3ccccc3CN1Cc1ccccc1C#N)CC2.Cl. The van der Waals surface area contributed by atoms with Crippen LogP contribution in [0.5, 0.6) is 11.5 Å². The maximum atomic E-state index is 14.0. The predicted octanol–water partition coefficient (Wildman–Crippen LogP) is 4.51. The zero-order valence-corrected chi connectivity index (χ0v) is 21.4. The number of benzene rings is 3. The third-order valence-corrected chi connectivity index (χ3v) is 7.17. The Labute approximate surface area is 218 Å². The molecule has 186 valence electrons. The molecule has 0 spiro atoms. The molecular formula is C29H30ClN3O3. The molecule has 0 aliphatic carbocycles. The molecule has 0 fully saturated rings. The largest absolute Gasteiger partial charge is 0.493 e. The van der Waals surface area contributed by atoms with Crippen LogP contribution in [0.3, 0.4) is 0 Å². The Morgan fingerprint density at radius 1 is 0.944 bits per heavy atom. The van der Waals surface area contributed by atoms with E-state index in [2.05, 4.69) is 23.1 Å². The lowest BCUT2D eigenvalue weighted by molar-refractivity contribution is -0.139. The van der Waals surface area contributed by atoms with Gasteiger partial charge in [0.2, 0.25) is 5.91 Å². The maximum Gasteiger partial charge on any atom is 0.240 e. The van der Waals surface area contributed by atoms with Crippen molar-refractivity contribution in [2.45, 2.75) is 38.5 Å². The second-order valence-electron chi connectivity index (χ2n) is 9.15. The van der Waals surface area contributed by atoms with E-state index in [9.17, 15) is 10.1 Å². The molecule has 0 radical (unpaired) electrons. The lowest BCUT2D eigenvalue weighted by Crippen LogP contribution is -2.52. The summed E-state index contributed by atoms with van der Waals surface area (Å²) in [5.74, 6) is 1.54. The highest BCUT2D eigenvalue weighted by atomic mass is 35.5. The van der Waals surface area contributed by atoms with Crippen LogP contribution in [-0.2, 0) is 37.3 Å². The zero-order valence-electron chi connectivity index (χ0n) is 20.6. The van der Waals surface area contributed by atoms with Crippen molar-refractivity contribution in [3.8, 4) is 17.6 Å². The number of ether oxygens (including phenoxy) is 2. The quantitative estimate of drug-likeness (QED) is 0.512. The van der Waals surface area contributed by atoms with Crippen molar-refractivity contribution in [2.75, 3.05) is 20.8 Å². The van der Waals surface area contributed by atoms with E-state index in [0.29, 0.717) is 43.9 Å². The number of hydrogen-bond acceptors (Lipinski definition) is 5. The van der Waals surface area contributed by atoms with Crippen molar-refractivity contribution in [1.29, 1.82) is 5.26 Å². The lowest BCUT2D eigenvalue weighted by Gasteiger charge is -2.40. The molecule has 0 N–H and O–H groups in total. The van der Waals surface area contributed by atoms with Gasteiger partial charge in [0.05, 0.1) is 31.9 Å². The Kier molecular flexibility index (Phi) is 7.83. The number of halogens is 1. The van der Waals surface area contributed by atoms with E-state index >= 15 is 0 Å². The fourth-order valence-electron chi connectivity index (χ4n) is 5.25. The van der Waals surface area contributed by atoms with E-state index in [1.54, 1.807) is 14.2 Å². The Hall–Kier alpha value is -3.53. The highest BCUT2D eigenvalue weighted by Gasteiger charge is 2.35. The minimum atomic E-state index is -0.279. The van der Waals surface area contributed by atoms with Crippen molar-refractivity contribution in [1.82, 2.24) is 9.80 Å². The van der Waals surface area contributed by atoms with Crippen molar-refractivity contribution in [3.05, 3.63) is 94.0 Å². The molecular weight excluding hydrogens is 474 g/mol. The van der Waals surface area contributed by atoms with E-state index in [1.165, 1.54) is 16.7 Å². The molecule has 1 amide bonds. The number of nitrogens with zero attached hydrogens (tertiary/aromatic N) is 3. The van der Waals surface area contributed by atoms with Crippen molar-refractivity contribution >= 4 is 18.3 Å². The smallest absolute Gasteiger partial charge is 0.240 e. The molecule has 36 heavy (non-hydrogen) atoms. The van der Waals surface area contributed by atoms with Gasteiger partial charge in [-0.1, -0.05) is 42.5 Å². The molecule has 5 rings (SSSR count). The number of amides is 1. The number of carbonyl (C=O) groups excluding carboxylic acids is 1. The number of methoxy groups -OCH3 is 2. The third-order valence-electron chi connectivity index (χ3n) is 7.17. The van der Waals surface area contributed by atoms with Gasteiger partial charge in [0.1, 0.15) is 0 Å². The van der Waals surface area contributed by atoms with Gasteiger partial charge in [0.25, 0.3) is 0 Å². The van der Waals surface area contributed by atoms with Crippen molar-refractivity contribution in [3.63, 3.8) is 0 Å². The lowest BCUT2D eigenvalue weighted by atomic mass is 9.91. The third kappa shape index (κ3) is 4.90.